The molecule has 1 aliphatic heterocycles. The van der Waals surface area contributed by atoms with Gasteiger partial charge in [-0.05, 0) is 72.3 Å². The molecule has 1 aromatic heterocycles. The summed E-state index contributed by atoms with van der Waals surface area (Å²) in [5.41, 5.74) is 13.2. The molecule has 0 fully saturated rings. The largest absolute Gasteiger partial charge is 0.496 e. The normalized spacial score (nSPS) is 14.5. The minimum Gasteiger partial charge on any atom is -0.496 e. The fourth-order valence-electron chi connectivity index (χ4n) is 10.3. The van der Waals surface area contributed by atoms with Gasteiger partial charge < -0.3 is 49.8 Å². The van der Waals surface area contributed by atoms with Crippen LogP contribution in [0.1, 0.15) is 98.9 Å². The maximum Gasteiger partial charge on any atom is 0.407 e. The Morgan fingerprint density at radius 3 is 2.07 bits per heavy atom. The molecule has 392 valence electrons. The summed E-state index contributed by atoms with van der Waals surface area (Å²) < 4.78 is 43.8. The van der Waals surface area contributed by atoms with Gasteiger partial charge >= 0.3 is 18.0 Å². The van der Waals surface area contributed by atoms with E-state index in [0.717, 1.165) is 38.7 Å². The molecule has 6 aromatic carbocycles. The standard InChI is InChI=1S/C61H62N4O11/c1-60(2,3)76-52(67)31-47(64-58(69)48(29-36-32-63-46-24-16-15-19-37(36)46)65-59(70)74-34-43-40-22-13-11-20-38(40)39-21-12-14-23-41(39)43)55(68)54(62)53-50(72-7)28-26-45-57(53)75-56-42(49(71-6)27-25-44(56)61(45,4)5)30-51(66)73-33-35-17-9-8-10-18-35/h8-28,32,43,47-48,54,63H,29-31,33-34,62H2,1-7H3,(H,64,69)(H,65,70)/t47-,48+,54?/m0/s1/i1D. The van der Waals surface area contributed by atoms with Crippen LogP contribution in [0.15, 0.2) is 134 Å². The highest BCUT2D eigenvalue weighted by atomic mass is 16.6. The number of ether oxygens (including phenoxy) is 6. The van der Waals surface area contributed by atoms with Gasteiger partial charge in [-0.15, -0.1) is 0 Å². The third kappa shape index (κ3) is 10.9. The first-order chi connectivity index (χ1) is 37.0. The first kappa shape index (κ1) is 51.1. The van der Waals surface area contributed by atoms with Crippen LogP contribution < -0.4 is 30.6 Å². The molecule has 5 N–H and O–H groups in total. The zero-order chi connectivity index (χ0) is 54.6. The van der Waals surface area contributed by atoms with E-state index in [4.69, 9.17) is 35.5 Å². The van der Waals surface area contributed by atoms with Crippen LogP contribution in [0.4, 0.5) is 4.79 Å². The van der Waals surface area contributed by atoms with Gasteiger partial charge in [-0.1, -0.05) is 123 Å². The topological polar surface area (TPSA) is 207 Å². The van der Waals surface area contributed by atoms with Gasteiger partial charge in [-0.3, -0.25) is 19.2 Å². The van der Waals surface area contributed by atoms with E-state index in [2.05, 4.69) is 15.6 Å². The molecule has 0 spiro atoms. The molecule has 15 heteroatoms. The molecule has 9 rings (SSSR count). The van der Waals surface area contributed by atoms with Crippen LogP contribution in [0.3, 0.4) is 0 Å². The Bertz CT molecular complexity index is 3330. The third-order valence-electron chi connectivity index (χ3n) is 14.0. The summed E-state index contributed by atoms with van der Waals surface area (Å²) in [6.07, 6.45) is -0.140. The molecule has 2 aliphatic rings. The highest BCUT2D eigenvalue weighted by Crippen LogP contribution is 2.54. The number of ketones is 1. The van der Waals surface area contributed by atoms with E-state index < -0.39 is 65.3 Å². The monoisotopic (exact) mass is 1030 g/mol. The van der Waals surface area contributed by atoms with Crippen LogP contribution in [0.5, 0.6) is 23.0 Å². The third-order valence-corrected chi connectivity index (χ3v) is 14.0. The van der Waals surface area contributed by atoms with Crippen molar-refractivity contribution in [1.29, 1.82) is 0 Å². The van der Waals surface area contributed by atoms with E-state index in [0.29, 0.717) is 28.0 Å². The number of carbonyl (C=O) groups excluding carboxylic acids is 5. The second-order valence-electron chi connectivity index (χ2n) is 20.2. The Balaban J connectivity index is 1.03. The van der Waals surface area contributed by atoms with Gasteiger partial charge in [0.1, 0.15) is 53.9 Å². The molecule has 7 aromatic rings. The Labute approximate surface area is 442 Å². The molecule has 0 radical (unpaired) electrons. The smallest absolute Gasteiger partial charge is 0.407 e. The lowest BCUT2D eigenvalue weighted by Gasteiger charge is -2.38. The van der Waals surface area contributed by atoms with Crippen molar-refractivity contribution in [2.75, 3.05) is 20.8 Å². The molecule has 76 heavy (non-hydrogen) atoms. The van der Waals surface area contributed by atoms with Crippen molar-refractivity contribution in [2.24, 2.45) is 5.73 Å². The number of hydrogen-bond acceptors (Lipinski definition) is 12. The fraction of sp³-hybridized carbons (Fsp3) is 0.295. The van der Waals surface area contributed by atoms with Crippen LogP contribution in [0.25, 0.3) is 22.0 Å². The molecular formula is C61H62N4O11. The SMILES string of the molecule is [2H]CC(C)(C)OC(=O)C[C@H](NC(=O)[C@@H](Cc1c[nH]c2ccccc12)NC(=O)OCC1c2ccccc2-c2ccccc21)C(=O)C(N)c1c(OC)ccc2c1Oc1c(ccc(OC)c1CC(=O)OCc1ccccc1)C2(C)C. The Hall–Kier alpha value is -8.43. The minimum atomic E-state index is -1.67. The number of aromatic nitrogens is 1. The summed E-state index contributed by atoms with van der Waals surface area (Å²) in [6.45, 7) is 6.76. The number of nitrogens with one attached hydrogen (secondary N) is 3. The summed E-state index contributed by atoms with van der Waals surface area (Å²) in [4.78, 5) is 74.9. The minimum absolute atomic E-state index is 0.0337. The number of methoxy groups -OCH3 is 2. The molecule has 0 bridgehead atoms. The van der Waals surface area contributed by atoms with Gasteiger partial charge in [0.25, 0.3) is 0 Å². The molecule has 15 nitrogen and oxygen atoms in total. The summed E-state index contributed by atoms with van der Waals surface area (Å²) >= 11 is 0. The van der Waals surface area contributed by atoms with Crippen molar-refractivity contribution >= 4 is 40.6 Å². The first-order valence-corrected chi connectivity index (χ1v) is 25.1. The molecule has 2 heterocycles. The predicted octanol–water partition coefficient (Wildman–Crippen LogP) is 9.84. The summed E-state index contributed by atoms with van der Waals surface area (Å²) in [7, 11) is 2.89. The number of fused-ring (bicyclic) bond motifs is 6. The number of para-hydroxylation sites is 1. The van der Waals surface area contributed by atoms with Crippen molar-refractivity contribution in [3.63, 3.8) is 0 Å². The number of H-pyrrole nitrogens is 1. The van der Waals surface area contributed by atoms with Crippen LogP contribution in [0, 0.1) is 0 Å². The zero-order valence-corrected chi connectivity index (χ0v) is 43.3. The van der Waals surface area contributed by atoms with Crippen molar-refractivity contribution < 1.29 is 53.8 Å². The Morgan fingerprint density at radius 1 is 0.750 bits per heavy atom. The van der Waals surface area contributed by atoms with Crippen molar-refractivity contribution in [2.45, 2.75) is 95.5 Å². The maximum atomic E-state index is 15.3. The number of aromatic amines is 1. The predicted molar refractivity (Wildman–Crippen MR) is 286 cm³/mol. The second kappa shape index (κ2) is 21.8. The van der Waals surface area contributed by atoms with Gasteiger partial charge in [-0.25, -0.2) is 4.79 Å². The van der Waals surface area contributed by atoms with E-state index >= 15 is 4.79 Å². The van der Waals surface area contributed by atoms with Crippen LogP contribution in [-0.4, -0.2) is 73.2 Å². The number of rotatable bonds is 18. The number of carbonyl (C=O) groups is 5. The molecule has 1 aliphatic carbocycles. The Morgan fingerprint density at radius 2 is 1.38 bits per heavy atom. The quantitative estimate of drug-likeness (QED) is 0.0468. The lowest BCUT2D eigenvalue weighted by molar-refractivity contribution is -0.156. The van der Waals surface area contributed by atoms with Crippen LogP contribution in [0.2, 0.25) is 0 Å². The van der Waals surface area contributed by atoms with Crippen molar-refractivity contribution in [3.05, 3.63) is 178 Å². The van der Waals surface area contributed by atoms with E-state index in [1.165, 1.54) is 14.2 Å². The number of esters is 2. The van der Waals surface area contributed by atoms with Gasteiger partial charge in [0.15, 0.2) is 5.78 Å². The molecule has 0 saturated heterocycles. The highest BCUT2D eigenvalue weighted by Gasteiger charge is 2.43. The number of hydrogen-bond donors (Lipinski definition) is 4. The highest BCUT2D eigenvalue weighted by molar-refractivity contribution is 5.98. The van der Waals surface area contributed by atoms with E-state index in [1.807, 2.05) is 123 Å². The number of alkyl carbamates (subject to hydrolysis) is 1. The molecule has 0 saturated carbocycles. The summed E-state index contributed by atoms with van der Waals surface area (Å²) in [5.74, 6) is -2.40. The first-order valence-electron chi connectivity index (χ1n) is 25.8. The lowest BCUT2D eigenvalue weighted by atomic mass is 9.73. The number of Topliss-reactive ketones (excluding diaryl/α,β-unsaturated/α-hetero) is 1. The maximum absolute atomic E-state index is 15.3. The Kier molecular flexibility index (Phi) is 14.7. The van der Waals surface area contributed by atoms with Gasteiger partial charge in [0.05, 0.1) is 38.7 Å². The van der Waals surface area contributed by atoms with Crippen LogP contribution in [-0.2, 0) is 58.3 Å². The van der Waals surface area contributed by atoms with E-state index in [9.17, 15) is 19.2 Å². The summed E-state index contributed by atoms with van der Waals surface area (Å²) in [6, 6.07) is 35.0. The molecular weight excluding hydrogens is 965 g/mol. The van der Waals surface area contributed by atoms with Gasteiger partial charge in [0.2, 0.25) is 5.91 Å². The van der Waals surface area contributed by atoms with E-state index in [-0.39, 0.29) is 61.7 Å². The van der Waals surface area contributed by atoms with Crippen molar-refractivity contribution in [1.82, 2.24) is 15.6 Å². The van der Waals surface area contributed by atoms with Crippen molar-refractivity contribution in [3.8, 4) is 34.1 Å². The fourth-order valence-corrected chi connectivity index (χ4v) is 10.3. The number of nitrogens with two attached hydrogens (primary N) is 1. The zero-order valence-electron chi connectivity index (χ0n) is 44.3. The molecule has 2 amide bonds. The molecule has 1 unspecified atom stereocenters. The number of amides is 2. The van der Waals surface area contributed by atoms with Crippen LogP contribution >= 0.6 is 0 Å². The average molecular weight is 1030 g/mol. The average Bonchev–Trinajstić information content (AvgIpc) is 4.06. The summed E-state index contributed by atoms with van der Waals surface area (Å²) in [5, 5.41) is 6.33. The molecule has 3 atom stereocenters. The second-order valence-corrected chi connectivity index (χ2v) is 20.2. The van der Waals surface area contributed by atoms with E-state index in [1.54, 1.807) is 38.2 Å². The number of benzene rings is 6. The van der Waals surface area contributed by atoms with Gasteiger partial charge in [0, 0.05) is 52.9 Å². The van der Waals surface area contributed by atoms with Gasteiger partial charge in [-0.2, -0.15) is 0 Å². The lowest BCUT2D eigenvalue weighted by Crippen LogP contribution is -2.54.